The third-order valence-electron chi connectivity index (χ3n) is 13.4. The van der Waals surface area contributed by atoms with Gasteiger partial charge in [-0.2, -0.15) is 10.2 Å². The summed E-state index contributed by atoms with van der Waals surface area (Å²) in [6.07, 6.45) is 11.9. The van der Waals surface area contributed by atoms with E-state index in [4.69, 9.17) is 14.4 Å². The number of fused-ring (bicyclic) bond motifs is 3. The summed E-state index contributed by atoms with van der Waals surface area (Å²) in [6, 6.07) is 10.2. The molecular formula is C48H50F2N10O5. The first-order chi connectivity index (χ1) is 31.1. The lowest BCUT2D eigenvalue weighted by molar-refractivity contribution is -0.0721. The smallest absolute Gasteiger partial charge is 0.376 e. The maximum absolute atomic E-state index is 16.1. The second kappa shape index (κ2) is 15.7. The van der Waals surface area contributed by atoms with Crippen molar-refractivity contribution in [3.63, 3.8) is 0 Å². The van der Waals surface area contributed by atoms with Crippen molar-refractivity contribution < 1.29 is 22.8 Å². The Bertz CT molecular complexity index is 3280. The summed E-state index contributed by atoms with van der Waals surface area (Å²) in [6.45, 7) is 12.6. The number of imidazole rings is 1. The number of H-pyrrole nitrogens is 1. The van der Waals surface area contributed by atoms with E-state index in [0.29, 0.717) is 76.1 Å². The quantitative estimate of drug-likeness (QED) is 0.158. The van der Waals surface area contributed by atoms with Gasteiger partial charge in [-0.3, -0.25) is 28.1 Å². The number of nitrogens with zero attached hydrogens (tertiary/aromatic N) is 9. The van der Waals surface area contributed by atoms with Gasteiger partial charge in [-0.1, -0.05) is 18.1 Å². The van der Waals surface area contributed by atoms with Crippen LogP contribution in [0.2, 0.25) is 0 Å². The number of hydrogen-bond donors (Lipinski definition) is 1. The van der Waals surface area contributed by atoms with Crippen LogP contribution in [-0.4, -0.2) is 72.8 Å². The summed E-state index contributed by atoms with van der Waals surface area (Å²) in [5.41, 5.74) is 5.79. The van der Waals surface area contributed by atoms with Crippen LogP contribution in [-0.2, 0) is 31.0 Å². The molecule has 3 atom stereocenters. The van der Waals surface area contributed by atoms with Gasteiger partial charge in [0, 0.05) is 68.9 Å². The zero-order valence-electron chi connectivity index (χ0n) is 37.4. The zero-order chi connectivity index (χ0) is 45.6. The number of carbonyl (C=O) groups excluding carboxylic acids is 1. The summed E-state index contributed by atoms with van der Waals surface area (Å²) in [5, 5.41) is 13.4. The first kappa shape index (κ1) is 42.1. The summed E-state index contributed by atoms with van der Waals surface area (Å²) in [7, 11) is 1.72. The van der Waals surface area contributed by atoms with Crippen LogP contribution in [0.15, 0.2) is 81.5 Å². The van der Waals surface area contributed by atoms with Crippen molar-refractivity contribution in [2.24, 2.45) is 13.0 Å². The number of amides is 1. The van der Waals surface area contributed by atoms with Crippen molar-refractivity contribution in [1.82, 2.24) is 48.1 Å². The number of aromatic nitrogens is 9. The fourth-order valence-electron chi connectivity index (χ4n) is 10.3. The Labute approximate surface area is 371 Å². The molecule has 0 saturated carbocycles. The molecule has 0 bridgehead atoms. The predicted molar refractivity (Wildman–Crippen MR) is 238 cm³/mol. The third kappa shape index (κ3) is 7.21. The molecule has 10 rings (SSSR count). The fraction of sp³-hybridized carbons (Fsp3) is 0.375. The Morgan fingerprint density at radius 1 is 1.02 bits per heavy atom. The highest BCUT2D eigenvalue weighted by atomic mass is 19.1. The molecule has 15 nitrogen and oxygen atoms in total. The van der Waals surface area contributed by atoms with E-state index in [1.165, 1.54) is 21.5 Å². The minimum absolute atomic E-state index is 0.0457. The average Bonchev–Trinajstić information content (AvgIpc) is 4.10. The van der Waals surface area contributed by atoms with Crippen LogP contribution < -0.4 is 11.4 Å². The molecule has 0 aliphatic carbocycles. The van der Waals surface area contributed by atoms with Crippen LogP contribution in [0.5, 0.6) is 0 Å². The van der Waals surface area contributed by atoms with E-state index in [1.807, 2.05) is 24.4 Å². The fourth-order valence-corrected chi connectivity index (χ4v) is 10.3. The van der Waals surface area contributed by atoms with Crippen LogP contribution in [0.25, 0.3) is 33.6 Å². The van der Waals surface area contributed by atoms with Gasteiger partial charge < -0.3 is 14.0 Å². The summed E-state index contributed by atoms with van der Waals surface area (Å²) in [5.74, 6) is -0.916. The Morgan fingerprint density at radius 3 is 2.51 bits per heavy atom. The van der Waals surface area contributed by atoms with Gasteiger partial charge in [0.2, 0.25) is 0 Å². The van der Waals surface area contributed by atoms with Gasteiger partial charge in [0.1, 0.15) is 11.6 Å². The van der Waals surface area contributed by atoms with Crippen LogP contribution in [0.1, 0.15) is 102 Å². The Kier molecular flexibility index (Phi) is 10.2. The number of aryl methyl sites for hydroxylation is 3. The van der Waals surface area contributed by atoms with E-state index in [9.17, 15) is 9.59 Å². The maximum Gasteiger partial charge on any atom is 0.438 e. The van der Waals surface area contributed by atoms with E-state index in [-0.39, 0.29) is 34.3 Å². The number of halogens is 2. The molecular weight excluding hydrogens is 835 g/mol. The normalized spacial score (nSPS) is 17.9. The number of pyridine rings is 1. The van der Waals surface area contributed by atoms with Gasteiger partial charge in [0.05, 0.1) is 51.4 Å². The monoisotopic (exact) mass is 884 g/mol. The van der Waals surface area contributed by atoms with E-state index in [2.05, 4.69) is 47.4 Å². The molecule has 8 aromatic rings. The lowest BCUT2D eigenvalue weighted by atomic mass is 9.84. The molecule has 17 heteroatoms. The molecule has 8 heterocycles. The molecule has 1 saturated heterocycles. The van der Waals surface area contributed by atoms with Crippen molar-refractivity contribution >= 4 is 22.3 Å². The van der Waals surface area contributed by atoms with Crippen LogP contribution in [0.3, 0.4) is 0 Å². The second-order valence-corrected chi connectivity index (χ2v) is 18.4. The molecule has 0 spiro atoms. The number of aromatic amines is 1. The van der Waals surface area contributed by atoms with Gasteiger partial charge >= 0.3 is 11.4 Å². The standard InChI is InChI=1S/C48H50F2N10O5/c1-26(20-39-52-46(62)65-54-39)40-34(25-56-24-31(8-9-37(40)56)21-30-13-17-64-48(5,6)22-30)45(61)57-14-12-35-41(29(57)4)44(60(53-35)32-18-27(2)42(49)28(3)19-32)59-16-15-58(47(59)63)38-11-10-36-33(43(38)50)23-51-55(36)7/h8-11,15-16,18-19,23-26,29-30H,12-14,17,20-22H2,1-7H3,(H,52,54,62)/t26-,29-,30+/m0/s1. The number of nitrogens with one attached hydrogen (secondary N) is 1. The van der Waals surface area contributed by atoms with Crippen molar-refractivity contribution in [2.75, 3.05) is 13.2 Å². The molecule has 65 heavy (non-hydrogen) atoms. The average molecular weight is 885 g/mol. The van der Waals surface area contributed by atoms with Crippen molar-refractivity contribution in [3.8, 4) is 17.2 Å². The Hall–Kier alpha value is -6.88. The molecule has 1 N–H and O–H groups in total. The maximum atomic E-state index is 16.1. The molecule has 0 unspecified atom stereocenters. The summed E-state index contributed by atoms with van der Waals surface area (Å²) < 4.78 is 49.9. The molecule has 2 aliphatic heterocycles. The number of carbonyl (C=O) groups is 1. The second-order valence-electron chi connectivity index (χ2n) is 18.4. The summed E-state index contributed by atoms with van der Waals surface area (Å²) >= 11 is 0. The molecule has 0 radical (unpaired) electrons. The van der Waals surface area contributed by atoms with Gasteiger partial charge in [-0.25, -0.2) is 23.1 Å². The van der Waals surface area contributed by atoms with Crippen LogP contribution in [0.4, 0.5) is 8.78 Å². The number of benzene rings is 2. The molecule has 6 aromatic heterocycles. The lowest BCUT2D eigenvalue weighted by Gasteiger charge is -2.35. The number of rotatable bonds is 9. The van der Waals surface area contributed by atoms with Crippen molar-refractivity contribution in [2.45, 2.75) is 91.2 Å². The van der Waals surface area contributed by atoms with Gasteiger partial charge in [-0.05, 0) is 118 Å². The number of hydrogen-bond acceptors (Lipinski definition) is 8. The van der Waals surface area contributed by atoms with Crippen molar-refractivity contribution in [1.29, 1.82) is 0 Å². The Morgan fingerprint density at radius 2 is 1.77 bits per heavy atom. The molecule has 2 aliphatic rings. The largest absolute Gasteiger partial charge is 0.438 e. The zero-order valence-corrected chi connectivity index (χ0v) is 37.4. The topological polar surface area (TPSA) is 155 Å². The van der Waals surface area contributed by atoms with Crippen molar-refractivity contribution in [3.05, 3.63) is 145 Å². The van der Waals surface area contributed by atoms with E-state index in [0.717, 1.165) is 42.5 Å². The SMILES string of the molecule is Cc1cc(-n2nc3c(c2-n2ccn(-c4ccc5c(cnn5C)c4F)c2=O)[C@H](C)N(C(=O)c2cn4cc(C[C@H]5CCOC(C)(C)C5)ccc4c2[C@@H](C)Cc2noc(=O)[nH]2)CC3)cc(C)c1F. The van der Waals surface area contributed by atoms with Gasteiger partial charge in [0.25, 0.3) is 5.91 Å². The predicted octanol–water partition coefficient (Wildman–Crippen LogP) is 7.38. The van der Waals surface area contributed by atoms with E-state index >= 15 is 13.6 Å². The minimum atomic E-state index is -0.652. The molecule has 1 amide bonds. The highest BCUT2D eigenvalue weighted by molar-refractivity contribution is 5.99. The Balaban J connectivity index is 1.08. The third-order valence-corrected chi connectivity index (χ3v) is 13.4. The van der Waals surface area contributed by atoms with Gasteiger partial charge in [-0.15, -0.1) is 0 Å². The van der Waals surface area contributed by atoms with E-state index in [1.54, 1.807) is 65.6 Å². The van der Waals surface area contributed by atoms with Crippen LogP contribution in [0, 0.1) is 31.4 Å². The molecule has 2 aromatic carbocycles. The summed E-state index contributed by atoms with van der Waals surface area (Å²) in [4.78, 5) is 46.3. The van der Waals surface area contributed by atoms with Gasteiger partial charge in [0.15, 0.2) is 11.6 Å². The molecule has 336 valence electrons. The van der Waals surface area contributed by atoms with E-state index < -0.39 is 23.3 Å². The first-order valence-electron chi connectivity index (χ1n) is 22.0. The minimum Gasteiger partial charge on any atom is -0.376 e. The lowest BCUT2D eigenvalue weighted by Crippen LogP contribution is -2.39. The first-order valence-corrected chi connectivity index (χ1v) is 22.0. The highest BCUT2D eigenvalue weighted by Crippen LogP contribution is 2.39. The van der Waals surface area contributed by atoms with Crippen LogP contribution >= 0.6 is 0 Å². The molecule has 1 fully saturated rings. The highest BCUT2D eigenvalue weighted by Gasteiger charge is 2.38. The number of ether oxygens (including phenoxy) is 1.